The van der Waals surface area contributed by atoms with Crippen LogP contribution in [-0.2, 0) is 4.74 Å². The van der Waals surface area contributed by atoms with E-state index in [1.807, 2.05) is 0 Å². The summed E-state index contributed by atoms with van der Waals surface area (Å²) in [6.45, 7) is 0. The number of anilines is 1. The number of rotatable bonds is 5. The molecule has 0 bridgehead atoms. The summed E-state index contributed by atoms with van der Waals surface area (Å²) in [7, 11) is 2.69. The van der Waals surface area contributed by atoms with E-state index >= 15 is 0 Å². The lowest BCUT2D eigenvalue weighted by Crippen LogP contribution is -2.22. The number of carbonyl (C=O) groups excluding carboxylic acids is 1. The van der Waals surface area contributed by atoms with E-state index in [2.05, 4.69) is 31.2 Å². The predicted molar refractivity (Wildman–Crippen MR) is 80.6 cm³/mol. The lowest BCUT2D eigenvalue weighted by molar-refractivity contribution is 0.0601. The van der Waals surface area contributed by atoms with Crippen LogP contribution in [0, 0.1) is 16.7 Å². The van der Waals surface area contributed by atoms with Crippen molar-refractivity contribution < 1.29 is 14.3 Å². The molecular weight excluding hydrogens is 342 g/mol. The molecule has 0 aromatic heterocycles. The third kappa shape index (κ3) is 3.93. The van der Waals surface area contributed by atoms with Crippen LogP contribution in [0.5, 0.6) is 5.75 Å². The van der Waals surface area contributed by atoms with Crippen LogP contribution in [-0.4, -0.2) is 31.7 Å². The summed E-state index contributed by atoms with van der Waals surface area (Å²) in [4.78, 5) is 11.7. The number of hydrogen-bond donors (Lipinski definition) is 3. The first kappa shape index (κ1) is 16.5. The number of nitrogens with two attached hydrogens (primary N) is 1. The van der Waals surface area contributed by atoms with Crippen molar-refractivity contribution in [3.63, 3.8) is 0 Å². The molecule has 110 valence electrons. The highest BCUT2D eigenvalue weighted by Crippen LogP contribution is 2.31. The summed E-state index contributed by atoms with van der Waals surface area (Å²) in [5, 5.41) is 19.6. The number of halogens is 1. The largest absolute Gasteiger partial charge is 0.496 e. The van der Waals surface area contributed by atoms with Gasteiger partial charge in [-0.1, -0.05) is 0 Å². The predicted octanol–water partition coefficient (Wildman–Crippen LogP) is 1.47. The number of nitrogens with one attached hydrogen (secondary N) is 2. The monoisotopic (exact) mass is 353 g/mol. The quantitative estimate of drug-likeness (QED) is 0.317. The van der Waals surface area contributed by atoms with Crippen LogP contribution in [0.3, 0.4) is 0 Å². The normalized spacial score (nSPS) is 10.5. The minimum absolute atomic E-state index is 0.155. The molecule has 0 saturated heterocycles. The van der Waals surface area contributed by atoms with E-state index in [9.17, 15) is 4.79 Å². The fourth-order valence-electron chi connectivity index (χ4n) is 1.34. The van der Waals surface area contributed by atoms with Gasteiger partial charge in [0.1, 0.15) is 11.8 Å². The van der Waals surface area contributed by atoms with E-state index in [1.165, 1.54) is 26.4 Å². The van der Waals surface area contributed by atoms with E-state index in [0.29, 0.717) is 10.2 Å². The first-order valence-electron chi connectivity index (χ1n) is 5.48. The zero-order valence-electron chi connectivity index (χ0n) is 11.2. The molecule has 21 heavy (non-hydrogen) atoms. The minimum Gasteiger partial charge on any atom is -0.496 e. The molecule has 0 heterocycles. The molecule has 0 amide bonds. The summed E-state index contributed by atoms with van der Waals surface area (Å²) < 4.78 is 10.3. The molecule has 9 heteroatoms. The number of nitriles is 1. The molecule has 0 radical (unpaired) electrons. The van der Waals surface area contributed by atoms with E-state index in [1.54, 1.807) is 6.07 Å². The molecule has 0 spiro atoms. The molecule has 0 saturated carbocycles. The Morgan fingerprint density at radius 3 is 2.67 bits per heavy atom. The highest BCUT2D eigenvalue weighted by atomic mass is 79.9. The summed E-state index contributed by atoms with van der Waals surface area (Å²) in [5.74, 6) is -0.672. The molecule has 8 nitrogen and oxygen atoms in total. The molecule has 0 aliphatic heterocycles. The third-order valence-electron chi connectivity index (χ3n) is 2.35. The van der Waals surface area contributed by atoms with E-state index in [-0.39, 0.29) is 17.0 Å². The van der Waals surface area contributed by atoms with Gasteiger partial charge < -0.3 is 15.2 Å². The first-order valence-corrected chi connectivity index (χ1v) is 6.28. The maximum Gasteiger partial charge on any atom is 0.340 e. The van der Waals surface area contributed by atoms with Crippen molar-refractivity contribution >= 4 is 39.1 Å². The molecule has 4 N–H and O–H groups in total. The number of methoxy groups -OCH3 is 2. The molecule has 1 aromatic carbocycles. The third-order valence-corrected chi connectivity index (χ3v) is 2.97. The Labute approximate surface area is 129 Å². The van der Waals surface area contributed by atoms with Gasteiger partial charge in [-0.25, -0.2) is 4.79 Å². The van der Waals surface area contributed by atoms with Gasteiger partial charge in [0.25, 0.3) is 0 Å². The highest BCUT2D eigenvalue weighted by Gasteiger charge is 2.16. The van der Waals surface area contributed by atoms with Crippen molar-refractivity contribution in [2.45, 2.75) is 0 Å². The van der Waals surface area contributed by atoms with Crippen molar-refractivity contribution in [3.8, 4) is 11.8 Å². The lowest BCUT2D eigenvalue weighted by atomic mass is 10.1. The smallest absolute Gasteiger partial charge is 0.340 e. The molecule has 1 aromatic rings. The van der Waals surface area contributed by atoms with Crippen molar-refractivity contribution in [3.05, 3.63) is 22.2 Å². The number of ether oxygens (including phenoxy) is 2. The molecule has 0 aliphatic rings. The number of amidine groups is 1. The van der Waals surface area contributed by atoms with Crippen LogP contribution in [0.25, 0.3) is 0 Å². The second-order valence-corrected chi connectivity index (χ2v) is 4.48. The minimum atomic E-state index is -0.611. The fraction of sp³-hybridized carbons (Fsp3) is 0.167. The van der Waals surface area contributed by atoms with Crippen molar-refractivity contribution in [2.75, 3.05) is 19.6 Å². The zero-order valence-corrected chi connectivity index (χ0v) is 12.8. The van der Waals surface area contributed by atoms with Crippen LogP contribution in [0.2, 0.25) is 0 Å². The summed E-state index contributed by atoms with van der Waals surface area (Å²) in [5.41, 5.74) is 7.81. The maximum atomic E-state index is 11.7. The fourth-order valence-corrected chi connectivity index (χ4v) is 1.85. The highest BCUT2D eigenvalue weighted by molar-refractivity contribution is 9.10. The van der Waals surface area contributed by atoms with Gasteiger partial charge in [-0.15, -0.1) is 0 Å². The Hall–Kier alpha value is -2.60. The van der Waals surface area contributed by atoms with Crippen LogP contribution >= 0.6 is 15.9 Å². The summed E-state index contributed by atoms with van der Waals surface area (Å²) in [6, 6.07) is 4.64. The van der Waals surface area contributed by atoms with Gasteiger partial charge >= 0.3 is 5.97 Å². The van der Waals surface area contributed by atoms with Crippen LogP contribution in [0.1, 0.15) is 10.4 Å². The SMILES string of the molecule is COC(=O)c1cc(OC)c(Br)cc1N/N=C(\C#N)C(=N)N. The van der Waals surface area contributed by atoms with E-state index in [0.717, 1.165) is 0 Å². The number of esters is 1. The van der Waals surface area contributed by atoms with Gasteiger partial charge in [-0.2, -0.15) is 10.4 Å². The van der Waals surface area contributed by atoms with Crippen molar-refractivity contribution in [2.24, 2.45) is 10.8 Å². The number of benzene rings is 1. The van der Waals surface area contributed by atoms with Gasteiger partial charge in [0.15, 0.2) is 5.84 Å². The Morgan fingerprint density at radius 1 is 1.52 bits per heavy atom. The number of hydrazone groups is 1. The Balaban J connectivity index is 3.28. The van der Waals surface area contributed by atoms with Gasteiger partial charge in [-0.3, -0.25) is 10.8 Å². The average Bonchev–Trinajstić information content (AvgIpc) is 2.46. The average molecular weight is 354 g/mol. The molecule has 0 fully saturated rings. The molecule has 1 rings (SSSR count). The lowest BCUT2D eigenvalue weighted by Gasteiger charge is -2.11. The number of hydrogen-bond acceptors (Lipinski definition) is 7. The number of nitrogens with zero attached hydrogens (tertiary/aromatic N) is 2. The van der Waals surface area contributed by atoms with Crippen LogP contribution in [0.15, 0.2) is 21.7 Å². The van der Waals surface area contributed by atoms with Crippen LogP contribution in [0.4, 0.5) is 5.69 Å². The zero-order chi connectivity index (χ0) is 16.0. The van der Waals surface area contributed by atoms with Crippen LogP contribution < -0.4 is 15.9 Å². The maximum absolute atomic E-state index is 11.7. The van der Waals surface area contributed by atoms with E-state index in [4.69, 9.17) is 21.1 Å². The Morgan fingerprint density at radius 2 is 2.19 bits per heavy atom. The first-order chi connectivity index (χ1) is 9.94. The number of carbonyl (C=O) groups is 1. The standard InChI is InChI=1S/C12H12BrN5O3/c1-20-10-3-6(12(19)21-2)8(4-7(10)13)17-18-9(5-14)11(15)16/h3-4,17H,1-2H3,(H3,15,16)/b18-9+. The van der Waals surface area contributed by atoms with Gasteiger partial charge in [0, 0.05) is 0 Å². The second-order valence-electron chi connectivity index (χ2n) is 3.62. The molecule has 0 unspecified atom stereocenters. The van der Waals surface area contributed by atoms with Gasteiger partial charge in [0.05, 0.1) is 29.9 Å². The van der Waals surface area contributed by atoms with Gasteiger partial charge in [0.2, 0.25) is 5.71 Å². The molecular formula is C12H12BrN5O3. The molecule has 0 aliphatic carbocycles. The Kier molecular flexibility index (Phi) is 5.68. The Bertz CT molecular complexity index is 651. The topological polar surface area (TPSA) is 134 Å². The molecule has 0 atom stereocenters. The van der Waals surface area contributed by atoms with Crippen molar-refractivity contribution in [1.29, 1.82) is 10.7 Å². The van der Waals surface area contributed by atoms with Crippen molar-refractivity contribution in [1.82, 2.24) is 0 Å². The van der Waals surface area contributed by atoms with E-state index < -0.39 is 11.8 Å². The summed E-state index contributed by atoms with van der Waals surface area (Å²) in [6.07, 6.45) is 0. The second kappa shape index (κ2) is 7.25. The van der Waals surface area contributed by atoms with Gasteiger partial charge in [-0.05, 0) is 28.1 Å². The summed E-state index contributed by atoms with van der Waals surface area (Å²) >= 11 is 3.27.